The van der Waals surface area contributed by atoms with E-state index in [0.29, 0.717) is 23.5 Å². The van der Waals surface area contributed by atoms with E-state index >= 15 is 0 Å². The van der Waals surface area contributed by atoms with Crippen LogP contribution in [0.5, 0.6) is 0 Å². The quantitative estimate of drug-likeness (QED) is 0.711. The van der Waals surface area contributed by atoms with Crippen molar-refractivity contribution in [1.82, 2.24) is 15.3 Å². The molecule has 1 saturated carbocycles. The van der Waals surface area contributed by atoms with Gasteiger partial charge < -0.3 is 11.1 Å². The molecule has 0 spiro atoms. The van der Waals surface area contributed by atoms with Crippen molar-refractivity contribution in [1.29, 1.82) is 0 Å². The number of amides is 1. The van der Waals surface area contributed by atoms with Gasteiger partial charge in [0.2, 0.25) is 0 Å². The van der Waals surface area contributed by atoms with E-state index in [0.717, 1.165) is 36.0 Å². The summed E-state index contributed by atoms with van der Waals surface area (Å²) in [4.78, 5) is 22.4. The number of aromatic nitrogens is 2. The van der Waals surface area contributed by atoms with Crippen LogP contribution >= 0.6 is 11.3 Å². The number of carbonyl (C=O) groups excluding carboxylic acids is 1. The average Bonchev–Trinajstić information content (AvgIpc) is 3.27. The van der Waals surface area contributed by atoms with Crippen LogP contribution < -0.4 is 11.1 Å². The number of thiazole rings is 1. The minimum atomic E-state index is -0.0701. The van der Waals surface area contributed by atoms with E-state index in [1.165, 1.54) is 28.0 Å². The highest BCUT2D eigenvalue weighted by molar-refractivity contribution is 7.19. The molecule has 2 heterocycles. The van der Waals surface area contributed by atoms with Crippen LogP contribution in [0.1, 0.15) is 64.0 Å². The molecule has 6 heteroatoms. The smallest absolute Gasteiger partial charge is 0.280 e. The fourth-order valence-corrected chi connectivity index (χ4v) is 5.06. The summed E-state index contributed by atoms with van der Waals surface area (Å²) in [7, 11) is 0. The minimum absolute atomic E-state index is 0.0701. The maximum absolute atomic E-state index is 12.4. The predicted octanol–water partition coefficient (Wildman–Crippen LogP) is 3.55. The molecule has 0 saturated heterocycles. The molecule has 2 atom stereocenters. The van der Waals surface area contributed by atoms with Crippen molar-refractivity contribution in [2.45, 2.75) is 43.6 Å². The molecule has 1 amide bonds. The third-order valence-corrected chi connectivity index (χ3v) is 6.62. The fourth-order valence-electron chi connectivity index (χ4n) is 4.21. The highest BCUT2D eigenvalue weighted by Gasteiger charge is 2.33. The number of hydrogen-bond acceptors (Lipinski definition) is 5. The molecule has 138 valence electrons. The fraction of sp³-hybridized carbons (Fsp3) is 0.381. The lowest BCUT2D eigenvalue weighted by molar-refractivity contribution is 0.0951. The monoisotopic (exact) mass is 378 g/mol. The van der Waals surface area contributed by atoms with Crippen LogP contribution in [0.4, 0.5) is 0 Å². The third-order valence-electron chi connectivity index (χ3n) is 5.66. The normalized spacial score (nSPS) is 21.4. The summed E-state index contributed by atoms with van der Waals surface area (Å²) in [5, 5.41) is 3.54. The number of nitrogens with zero attached hydrogens (tertiary/aromatic N) is 2. The molecule has 2 aromatic heterocycles. The summed E-state index contributed by atoms with van der Waals surface area (Å²) in [5.41, 5.74) is 10.7. The van der Waals surface area contributed by atoms with E-state index in [-0.39, 0.29) is 11.8 Å². The van der Waals surface area contributed by atoms with Crippen LogP contribution in [-0.4, -0.2) is 28.5 Å². The molecular formula is C21H22N4OS. The first-order valence-electron chi connectivity index (χ1n) is 9.59. The van der Waals surface area contributed by atoms with Gasteiger partial charge in [0.15, 0.2) is 5.01 Å². The number of rotatable bonds is 5. The van der Waals surface area contributed by atoms with Crippen molar-refractivity contribution in [3.05, 3.63) is 58.2 Å². The molecule has 5 nitrogen and oxygen atoms in total. The van der Waals surface area contributed by atoms with Crippen molar-refractivity contribution in [3.8, 4) is 0 Å². The zero-order valence-corrected chi connectivity index (χ0v) is 15.8. The molecule has 0 radical (unpaired) electrons. The number of benzene rings is 1. The lowest BCUT2D eigenvalue weighted by atomic mass is 9.92. The van der Waals surface area contributed by atoms with E-state index in [2.05, 4.69) is 40.6 Å². The maximum atomic E-state index is 12.4. The maximum Gasteiger partial charge on any atom is 0.280 e. The Bertz CT molecular complexity index is 1010. The third kappa shape index (κ3) is 3.03. The Labute approximate surface area is 162 Å². The second-order valence-electron chi connectivity index (χ2n) is 7.51. The Morgan fingerprint density at radius 2 is 2.00 bits per heavy atom. The zero-order valence-electron chi connectivity index (χ0n) is 15.0. The zero-order chi connectivity index (χ0) is 18.4. The average molecular weight is 379 g/mol. The van der Waals surface area contributed by atoms with Crippen LogP contribution in [0.2, 0.25) is 0 Å². The van der Waals surface area contributed by atoms with Gasteiger partial charge >= 0.3 is 0 Å². The van der Waals surface area contributed by atoms with Crippen LogP contribution in [0.15, 0.2) is 36.5 Å². The van der Waals surface area contributed by atoms with Crippen molar-refractivity contribution in [3.63, 3.8) is 0 Å². The molecule has 1 aromatic carbocycles. The van der Waals surface area contributed by atoms with Gasteiger partial charge in [0.05, 0.1) is 0 Å². The largest absolute Gasteiger partial charge is 0.347 e. The van der Waals surface area contributed by atoms with E-state index in [1.54, 1.807) is 0 Å². The standard InChI is InChI=1S/C21H22N4OS/c22-9-7-12-11-17(15-4-2-1-3-14(12)15)16-8-10-23-20-18(16)25-21(27-20)19(26)24-13-5-6-13/h1-4,8,10,12-13,17H,5-7,9,11,22H2,(H,24,26). The number of fused-ring (bicyclic) bond motifs is 2. The summed E-state index contributed by atoms with van der Waals surface area (Å²) in [6.07, 6.45) is 6.02. The topological polar surface area (TPSA) is 80.9 Å². The lowest BCUT2D eigenvalue weighted by Crippen LogP contribution is -2.25. The molecule has 3 aromatic rings. The Kier molecular flexibility index (Phi) is 4.17. The number of pyridine rings is 1. The van der Waals surface area contributed by atoms with Crippen molar-refractivity contribution >= 4 is 27.6 Å². The Hall–Kier alpha value is -2.31. The molecule has 2 unspecified atom stereocenters. The number of nitrogens with one attached hydrogen (secondary N) is 1. The molecule has 2 aliphatic rings. The first-order valence-corrected chi connectivity index (χ1v) is 10.4. The summed E-state index contributed by atoms with van der Waals surface area (Å²) < 4.78 is 0. The Balaban J connectivity index is 1.55. The minimum Gasteiger partial charge on any atom is -0.347 e. The van der Waals surface area contributed by atoms with Crippen molar-refractivity contribution < 1.29 is 4.79 Å². The van der Waals surface area contributed by atoms with Gasteiger partial charge in [-0.15, -0.1) is 0 Å². The molecule has 27 heavy (non-hydrogen) atoms. The molecule has 0 aliphatic heterocycles. The van der Waals surface area contributed by atoms with E-state index < -0.39 is 0 Å². The van der Waals surface area contributed by atoms with Gasteiger partial charge in [-0.1, -0.05) is 35.6 Å². The predicted molar refractivity (Wildman–Crippen MR) is 107 cm³/mol. The van der Waals surface area contributed by atoms with Crippen molar-refractivity contribution in [2.24, 2.45) is 5.73 Å². The van der Waals surface area contributed by atoms with E-state index in [9.17, 15) is 4.79 Å². The van der Waals surface area contributed by atoms with E-state index in [1.807, 2.05) is 6.20 Å². The molecule has 2 aliphatic carbocycles. The molecular weight excluding hydrogens is 356 g/mol. The Morgan fingerprint density at radius 3 is 2.78 bits per heavy atom. The van der Waals surface area contributed by atoms with E-state index in [4.69, 9.17) is 10.7 Å². The second kappa shape index (κ2) is 6.69. The molecule has 1 fully saturated rings. The summed E-state index contributed by atoms with van der Waals surface area (Å²) in [6, 6.07) is 11.0. The number of carbonyl (C=O) groups is 1. The van der Waals surface area contributed by atoms with Gasteiger partial charge in [0.1, 0.15) is 10.3 Å². The first-order chi connectivity index (χ1) is 13.2. The van der Waals surface area contributed by atoms with Crippen LogP contribution in [0.25, 0.3) is 10.3 Å². The van der Waals surface area contributed by atoms with Crippen LogP contribution in [-0.2, 0) is 0 Å². The molecule has 5 rings (SSSR count). The van der Waals surface area contributed by atoms with Crippen LogP contribution in [0, 0.1) is 0 Å². The first kappa shape index (κ1) is 16.8. The summed E-state index contributed by atoms with van der Waals surface area (Å²) >= 11 is 1.39. The van der Waals surface area contributed by atoms with Crippen LogP contribution in [0.3, 0.4) is 0 Å². The lowest BCUT2D eigenvalue weighted by Gasteiger charge is -2.13. The molecule has 3 N–H and O–H groups in total. The number of nitrogens with two attached hydrogens (primary N) is 1. The van der Waals surface area contributed by atoms with Gasteiger partial charge in [-0.25, -0.2) is 9.97 Å². The van der Waals surface area contributed by atoms with Gasteiger partial charge in [0.25, 0.3) is 5.91 Å². The van der Waals surface area contributed by atoms with Gasteiger partial charge in [-0.2, -0.15) is 0 Å². The second-order valence-corrected chi connectivity index (χ2v) is 8.49. The SMILES string of the molecule is NCCC1CC(c2ccnc3sc(C(=O)NC4CC4)nc23)c2ccccc21. The number of hydrogen-bond donors (Lipinski definition) is 2. The summed E-state index contributed by atoms with van der Waals surface area (Å²) in [5.74, 6) is 0.694. The molecule has 0 bridgehead atoms. The Morgan fingerprint density at radius 1 is 1.19 bits per heavy atom. The summed E-state index contributed by atoms with van der Waals surface area (Å²) in [6.45, 7) is 0.694. The van der Waals surface area contributed by atoms with Gasteiger partial charge in [-0.3, -0.25) is 4.79 Å². The van der Waals surface area contributed by atoms with Crippen molar-refractivity contribution in [2.75, 3.05) is 6.54 Å². The highest BCUT2D eigenvalue weighted by Crippen LogP contribution is 2.47. The highest BCUT2D eigenvalue weighted by atomic mass is 32.1. The van der Waals surface area contributed by atoms with Gasteiger partial charge in [0, 0.05) is 18.2 Å². The van der Waals surface area contributed by atoms with Gasteiger partial charge in [-0.05, 0) is 60.9 Å².